The van der Waals surface area contributed by atoms with E-state index in [0.29, 0.717) is 18.4 Å². The van der Waals surface area contributed by atoms with Crippen LogP contribution in [0, 0.1) is 5.92 Å². The van der Waals surface area contributed by atoms with Gasteiger partial charge in [0.05, 0.1) is 0 Å². The summed E-state index contributed by atoms with van der Waals surface area (Å²) in [6.45, 7) is 2.80. The number of unbranched alkanes of at least 4 members (excludes halogenated alkanes) is 1. The first kappa shape index (κ1) is 16.1. The van der Waals surface area contributed by atoms with Gasteiger partial charge in [0.15, 0.2) is 0 Å². The van der Waals surface area contributed by atoms with Crippen LogP contribution in [0.3, 0.4) is 0 Å². The second kappa shape index (κ2) is 7.66. The molecule has 21 heavy (non-hydrogen) atoms. The fourth-order valence-corrected chi connectivity index (χ4v) is 3.77. The first-order chi connectivity index (χ1) is 10.1. The van der Waals surface area contributed by atoms with Crippen molar-refractivity contribution in [2.24, 2.45) is 5.92 Å². The maximum atomic E-state index is 12.4. The Morgan fingerprint density at radius 2 is 1.95 bits per heavy atom. The molecule has 0 aromatic carbocycles. The Labute approximate surface area is 127 Å². The third kappa shape index (κ3) is 4.11. The standard InChI is InChI=1S/C16H28N2O3/c1-2-3-9-13(15(19)20)17-16(21)18-11-6-10-14(18)12-7-4-5-8-12/h12-14H,2-11H2,1H3,(H,17,21)(H,19,20)/t13-,14?/m0/s1. The SMILES string of the molecule is CCCC[C@H](NC(=O)N1CCCC1C1CCCC1)C(=O)O. The van der Waals surface area contributed by atoms with E-state index in [2.05, 4.69) is 5.32 Å². The first-order valence-corrected chi connectivity index (χ1v) is 8.43. The summed E-state index contributed by atoms with van der Waals surface area (Å²) in [5.74, 6) is -0.300. The average molecular weight is 296 g/mol. The molecule has 2 atom stereocenters. The van der Waals surface area contributed by atoms with E-state index >= 15 is 0 Å². The van der Waals surface area contributed by atoms with Crippen LogP contribution in [0.4, 0.5) is 4.79 Å². The van der Waals surface area contributed by atoms with E-state index in [-0.39, 0.29) is 6.03 Å². The molecule has 1 aliphatic heterocycles. The van der Waals surface area contributed by atoms with E-state index in [9.17, 15) is 14.7 Å². The van der Waals surface area contributed by atoms with Gasteiger partial charge in [-0.15, -0.1) is 0 Å². The van der Waals surface area contributed by atoms with Gasteiger partial charge in [-0.2, -0.15) is 0 Å². The lowest BCUT2D eigenvalue weighted by molar-refractivity contribution is -0.139. The molecule has 0 aromatic heterocycles. The summed E-state index contributed by atoms with van der Waals surface area (Å²) in [6, 6.07) is -0.594. The van der Waals surface area contributed by atoms with Gasteiger partial charge < -0.3 is 15.3 Å². The molecule has 1 heterocycles. The van der Waals surface area contributed by atoms with Gasteiger partial charge in [-0.05, 0) is 38.0 Å². The van der Waals surface area contributed by atoms with Gasteiger partial charge in [-0.3, -0.25) is 0 Å². The third-order valence-electron chi connectivity index (χ3n) is 4.95. The zero-order valence-corrected chi connectivity index (χ0v) is 13.0. The van der Waals surface area contributed by atoms with Gasteiger partial charge >= 0.3 is 12.0 Å². The number of nitrogens with zero attached hydrogens (tertiary/aromatic N) is 1. The average Bonchev–Trinajstić information content (AvgIpc) is 3.11. The summed E-state index contributed by atoms with van der Waals surface area (Å²) in [5.41, 5.74) is 0. The number of nitrogens with one attached hydrogen (secondary N) is 1. The summed E-state index contributed by atoms with van der Waals surface area (Å²) in [6.07, 6.45) is 9.36. The molecule has 1 saturated heterocycles. The number of hydrogen-bond donors (Lipinski definition) is 2. The topological polar surface area (TPSA) is 69.6 Å². The number of carbonyl (C=O) groups excluding carboxylic acids is 1. The Hall–Kier alpha value is -1.26. The van der Waals surface area contributed by atoms with Crippen LogP contribution >= 0.6 is 0 Å². The fraction of sp³-hybridized carbons (Fsp3) is 0.875. The molecule has 1 unspecified atom stereocenters. The minimum Gasteiger partial charge on any atom is -0.480 e. The number of carboxylic acid groups (broad SMARTS) is 1. The van der Waals surface area contributed by atoms with Crippen molar-refractivity contribution in [1.82, 2.24) is 10.2 Å². The summed E-state index contributed by atoms with van der Waals surface area (Å²) in [5, 5.41) is 12.0. The molecular formula is C16H28N2O3. The van der Waals surface area contributed by atoms with E-state index in [1.54, 1.807) is 0 Å². The van der Waals surface area contributed by atoms with Crippen LogP contribution in [-0.2, 0) is 4.79 Å². The van der Waals surface area contributed by atoms with Crippen LogP contribution in [0.25, 0.3) is 0 Å². The molecule has 0 bridgehead atoms. The summed E-state index contributed by atoms with van der Waals surface area (Å²) < 4.78 is 0. The lowest BCUT2D eigenvalue weighted by Gasteiger charge is -2.30. The number of aliphatic carboxylic acids is 1. The zero-order valence-electron chi connectivity index (χ0n) is 13.0. The molecule has 2 amide bonds. The Balaban J connectivity index is 1.92. The van der Waals surface area contributed by atoms with Gasteiger partial charge in [0.25, 0.3) is 0 Å². The van der Waals surface area contributed by atoms with Crippen LogP contribution in [0.15, 0.2) is 0 Å². The van der Waals surface area contributed by atoms with Crippen molar-refractivity contribution in [2.75, 3.05) is 6.54 Å². The highest BCUT2D eigenvalue weighted by Crippen LogP contribution is 2.35. The molecule has 1 aliphatic carbocycles. The van der Waals surface area contributed by atoms with E-state index in [0.717, 1.165) is 32.2 Å². The number of amides is 2. The second-order valence-corrected chi connectivity index (χ2v) is 6.43. The molecule has 2 rings (SSSR count). The van der Waals surface area contributed by atoms with Crippen molar-refractivity contribution in [1.29, 1.82) is 0 Å². The molecule has 2 aliphatic rings. The van der Waals surface area contributed by atoms with E-state index in [4.69, 9.17) is 0 Å². The molecule has 0 radical (unpaired) electrons. The monoisotopic (exact) mass is 296 g/mol. The first-order valence-electron chi connectivity index (χ1n) is 8.43. The zero-order chi connectivity index (χ0) is 15.2. The second-order valence-electron chi connectivity index (χ2n) is 6.43. The van der Waals surface area contributed by atoms with E-state index < -0.39 is 12.0 Å². The minimum atomic E-state index is -0.923. The summed E-state index contributed by atoms with van der Waals surface area (Å²) in [4.78, 5) is 25.6. The summed E-state index contributed by atoms with van der Waals surface area (Å²) in [7, 11) is 0. The fourth-order valence-electron chi connectivity index (χ4n) is 3.77. The van der Waals surface area contributed by atoms with Gasteiger partial charge in [0, 0.05) is 12.6 Å². The van der Waals surface area contributed by atoms with Crippen molar-refractivity contribution in [3.8, 4) is 0 Å². The minimum absolute atomic E-state index is 0.173. The molecule has 1 saturated carbocycles. The molecule has 120 valence electrons. The van der Waals surface area contributed by atoms with Crippen LogP contribution in [0.1, 0.15) is 64.7 Å². The predicted octanol–water partition coefficient (Wildman–Crippen LogP) is 2.99. The number of rotatable bonds is 6. The van der Waals surface area contributed by atoms with Crippen molar-refractivity contribution in [3.63, 3.8) is 0 Å². The maximum Gasteiger partial charge on any atom is 0.326 e. The van der Waals surface area contributed by atoms with E-state index in [1.807, 2.05) is 11.8 Å². The molecule has 5 heteroatoms. The van der Waals surface area contributed by atoms with Crippen LogP contribution in [-0.4, -0.2) is 40.6 Å². The van der Waals surface area contributed by atoms with Gasteiger partial charge in [0.2, 0.25) is 0 Å². The summed E-state index contributed by atoms with van der Waals surface area (Å²) >= 11 is 0. The normalized spacial score (nSPS) is 24.2. The van der Waals surface area contributed by atoms with Gasteiger partial charge in [-0.1, -0.05) is 32.6 Å². The van der Waals surface area contributed by atoms with Crippen LogP contribution in [0.5, 0.6) is 0 Å². The highest BCUT2D eigenvalue weighted by Gasteiger charge is 2.36. The smallest absolute Gasteiger partial charge is 0.326 e. The molecule has 0 aromatic rings. The number of hydrogen-bond acceptors (Lipinski definition) is 2. The van der Waals surface area contributed by atoms with Gasteiger partial charge in [0.1, 0.15) is 6.04 Å². The van der Waals surface area contributed by atoms with Crippen molar-refractivity contribution < 1.29 is 14.7 Å². The molecular weight excluding hydrogens is 268 g/mol. The number of carboxylic acids is 1. The number of likely N-dealkylation sites (tertiary alicyclic amines) is 1. The lowest BCUT2D eigenvalue weighted by atomic mass is 9.96. The van der Waals surface area contributed by atoms with Crippen molar-refractivity contribution >= 4 is 12.0 Å². The van der Waals surface area contributed by atoms with E-state index in [1.165, 1.54) is 25.7 Å². The van der Waals surface area contributed by atoms with Gasteiger partial charge in [-0.25, -0.2) is 9.59 Å². The largest absolute Gasteiger partial charge is 0.480 e. The predicted molar refractivity (Wildman–Crippen MR) is 81.2 cm³/mol. The third-order valence-corrected chi connectivity index (χ3v) is 4.95. The molecule has 0 spiro atoms. The Kier molecular flexibility index (Phi) is 5.88. The lowest BCUT2D eigenvalue weighted by Crippen LogP contribution is -2.50. The highest BCUT2D eigenvalue weighted by atomic mass is 16.4. The molecule has 5 nitrogen and oxygen atoms in total. The Morgan fingerprint density at radius 1 is 1.24 bits per heavy atom. The number of urea groups is 1. The van der Waals surface area contributed by atoms with Crippen LogP contribution < -0.4 is 5.32 Å². The number of carbonyl (C=O) groups is 2. The van der Waals surface area contributed by atoms with Crippen molar-refractivity contribution in [2.45, 2.75) is 76.8 Å². The molecule has 2 fully saturated rings. The Morgan fingerprint density at radius 3 is 2.57 bits per heavy atom. The highest BCUT2D eigenvalue weighted by molar-refractivity contribution is 5.82. The van der Waals surface area contributed by atoms with Crippen LogP contribution in [0.2, 0.25) is 0 Å². The molecule has 2 N–H and O–H groups in total. The quantitative estimate of drug-likeness (QED) is 0.791. The maximum absolute atomic E-state index is 12.4. The Bertz CT molecular complexity index is 367. The van der Waals surface area contributed by atoms with Crippen molar-refractivity contribution in [3.05, 3.63) is 0 Å².